The number of carbonyl (C=O) groups excluding carboxylic acids is 1. The normalized spacial score (nSPS) is 11.0. The number of benzene rings is 2. The zero-order chi connectivity index (χ0) is 18.4. The number of phenols is 1. The lowest BCUT2D eigenvalue weighted by Crippen LogP contribution is -2.21. The van der Waals surface area contributed by atoms with E-state index in [1.165, 1.54) is 37.4 Å². The molecule has 1 amide bonds. The van der Waals surface area contributed by atoms with Gasteiger partial charge >= 0.3 is 0 Å². The van der Waals surface area contributed by atoms with Crippen LogP contribution in [0.2, 0.25) is 0 Å². The summed E-state index contributed by atoms with van der Waals surface area (Å²) in [7, 11) is 1.44. The van der Waals surface area contributed by atoms with Gasteiger partial charge in [-0.2, -0.15) is 5.10 Å². The minimum absolute atomic E-state index is 0.0151. The SMILES string of the molecule is COc1cc(C(C)=NNC(=O)Cc2ccc([N+](=O)[O-])cc2)ccc1O. The highest BCUT2D eigenvalue weighted by atomic mass is 16.6. The van der Waals surface area contributed by atoms with Crippen LogP contribution in [-0.2, 0) is 11.2 Å². The summed E-state index contributed by atoms with van der Waals surface area (Å²) >= 11 is 0. The highest BCUT2D eigenvalue weighted by molar-refractivity contribution is 5.99. The summed E-state index contributed by atoms with van der Waals surface area (Å²) in [6, 6.07) is 10.5. The molecule has 0 spiro atoms. The Kier molecular flexibility index (Phi) is 5.67. The Bertz CT molecular complexity index is 816. The standard InChI is InChI=1S/C17H17N3O5/c1-11(13-5-8-15(21)16(10-13)25-2)18-19-17(22)9-12-3-6-14(7-4-12)20(23)24/h3-8,10,21H,9H2,1-2H3,(H,19,22). The Morgan fingerprint density at radius 1 is 1.28 bits per heavy atom. The number of amides is 1. The van der Waals surface area contributed by atoms with Crippen LogP contribution in [0.5, 0.6) is 11.5 Å². The van der Waals surface area contributed by atoms with Gasteiger partial charge in [0.15, 0.2) is 11.5 Å². The van der Waals surface area contributed by atoms with Gasteiger partial charge < -0.3 is 9.84 Å². The van der Waals surface area contributed by atoms with Crippen LogP contribution in [-0.4, -0.2) is 28.8 Å². The number of hydrazone groups is 1. The molecular weight excluding hydrogens is 326 g/mol. The van der Waals surface area contributed by atoms with E-state index in [1.807, 2.05) is 0 Å². The summed E-state index contributed by atoms with van der Waals surface area (Å²) in [5.74, 6) is -0.0236. The number of phenolic OH excluding ortho intramolecular Hbond substituents is 1. The molecule has 0 aliphatic carbocycles. The number of nitrogens with zero attached hydrogens (tertiary/aromatic N) is 2. The molecular formula is C17H17N3O5. The van der Waals surface area contributed by atoms with Gasteiger partial charge in [-0.3, -0.25) is 14.9 Å². The van der Waals surface area contributed by atoms with Crippen molar-refractivity contribution in [1.29, 1.82) is 0 Å². The van der Waals surface area contributed by atoms with Crippen LogP contribution < -0.4 is 10.2 Å². The third-order valence-corrected chi connectivity index (χ3v) is 3.46. The lowest BCUT2D eigenvalue weighted by molar-refractivity contribution is -0.384. The van der Waals surface area contributed by atoms with E-state index < -0.39 is 4.92 Å². The number of hydrogen-bond donors (Lipinski definition) is 2. The van der Waals surface area contributed by atoms with Crippen molar-refractivity contribution in [2.45, 2.75) is 13.3 Å². The molecule has 0 unspecified atom stereocenters. The summed E-state index contributed by atoms with van der Waals surface area (Å²) in [6.45, 7) is 1.71. The topological polar surface area (TPSA) is 114 Å². The minimum Gasteiger partial charge on any atom is -0.504 e. The van der Waals surface area contributed by atoms with Crippen LogP contribution >= 0.6 is 0 Å². The minimum atomic E-state index is -0.497. The molecule has 0 heterocycles. The van der Waals surface area contributed by atoms with Gasteiger partial charge in [0.05, 0.1) is 24.2 Å². The fourth-order valence-corrected chi connectivity index (χ4v) is 2.07. The molecule has 8 nitrogen and oxygen atoms in total. The summed E-state index contributed by atoms with van der Waals surface area (Å²) in [4.78, 5) is 22.0. The molecule has 8 heteroatoms. The Balaban J connectivity index is 2.00. The Hall–Kier alpha value is -3.42. The lowest BCUT2D eigenvalue weighted by Gasteiger charge is -2.07. The summed E-state index contributed by atoms with van der Waals surface area (Å²) in [5, 5.41) is 24.2. The molecule has 0 saturated carbocycles. The molecule has 0 aliphatic heterocycles. The number of ether oxygens (including phenoxy) is 1. The number of aromatic hydroxyl groups is 1. The second kappa shape index (κ2) is 7.91. The van der Waals surface area contributed by atoms with E-state index in [2.05, 4.69) is 10.5 Å². The second-order valence-corrected chi connectivity index (χ2v) is 5.22. The van der Waals surface area contributed by atoms with Gasteiger partial charge in [0.1, 0.15) is 0 Å². The maximum absolute atomic E-state index is 11.9. The van der Waals surface area contributed by atoms with Gasteiger partial charge in [0, 0.05) is 17.7 Å². The van der Waals surface area contributed by atoms with Crippen LogP contribution in [0.3, 0.4) is 0 Å². The highest BCUT2D eigenvalue weighted by Gasteiger charge is 2.08. The van der Waals surface area contributed by atoms with Crippen molar-refractivity contribution >= 4 is 17.3 Å². The zero-order valence-corrected chi connectivity index (χ0v) is 13.7. The predicted octanol–water partition coefficient (Wildman–Crippen LogP) is 2.39. The fourth-order valence-electron chi connectivity index (χ4n) is 2.07. The fraction of sp³-hybridized carbons (Fsp3) is 0.176. The first-order chi connectivity index (χ1) is 11.9. The number of nitro groups is 1. The van der Waals surface area contributed by atoms with Crippen LogP contribution in [0.25, 0.3) is 0 Å². The molecule has 0 fully saturated rings. The van der Waals surface area contributed by atoms with Gasteiger partial charge in [-0.05, 0) is 30.7 Å². The van der Waals surface area contributed by atoms with E-state index in [-0.39, 0.29) is 23.8 Å². The van der Waals surface area contributed by atoms with Crippen LogP contribution in [0.4, 0.5) is 5.69 Å². The molecule has 0 bridgehead atoms. The summed E-state index contributed by atoms with van der Waals surface area (Å²) < 4.78 is 5.03. The summed E-state index contributed by atoms with van der Waals surface area (Å²) in [6.07, 6.45) is 0.0493. The van der Waals surface area contributed by atoms with Gasteiger partial charge in [0.25, 0.3) is 5.69 Å². The Morgan fingerprint density at radius 3 is 2.56 bits per heavy atom. The molecule has 0 saturated heterocycles. The number of nitro benzene ring substituents is 1. The van der Waals surface area contributed by atoms with Crippen molar-refractivity contribution < 1.29 is 19.6 Å². The van der Waals surface area contributed by atoms with Gasteiger partial charge in [-0.15, -0.1) is 0 Å². The third kappa shape index (κ3) is 4.77. The molecule has 2 N–H and O–H groups in total. The van der Waals surface area contributed by atoms with E-state index in [0.29, 0.717) is 22.6 Å². The van der Waals surface area contributed by atoms with Crippen molar-refractivity contribution in [2.75, 3.05) is 7.11 Å². The molecule has 0 aromatic heterocycles. The van der Waals surface area contributed by atoms with Crippen molar-refractivity contribution in [2.24, 2.45) is 5.10 Å². The lowest BCUT2D eigenvalue weighted by atomic mass is 10.1. The quantitative estimate of drug-likeness (QED) is 0.475. The van der Waals surface area contributed by atoms with E-state index in [1.54, 1.807) is 19.1 Å². The number of nitrogens with one attached hydrogen (secondary N) is 1. The molecule has 130 valence electrons. The van der Waals surface area contributed by atoms with Crippen LogP contribution in [0.15, 0.2) is 47.6 Å². The Labute approximate surface area is 143 Å². The molecule has 2 aromatic carbocycles. The zero-order valence-electron chi connectivity index (χ0n) is 13.7. The second-order valence-electron chi connectivity index (χ2n) is 5.22. The van der Waals surface area contributed by atoms with E-state index in [9.17, 15) is 20.0 Å². The Morgan fingerprint density at radius 2 is 1.96 bits per heavy atom. The first-order valence-electron chi connectivity index (χ1n) is 7.34. The molecule has 2 rings (SSSR count). The van der Waals surface area contributed by atoms with Gasteiger partial charge in [-0.1, -0.05) is 12.1 Å². The average Bonchev–Trinajstić information content (AvgIpc) is 2.60. The van der Waals surface area contributed by atoms with E-state index >= 15 is 0 Å². The van der Waals surface area contributed by atoms with Crippen molar-refractivity contribution in [3.63, 3.8) is 0 Å². The molecule has 0 aliphatic rings. The number of rotatable bonds is 6. The molecule has 0 radical (unpaired) electrons. The number of hydrogen-bond acceptors (Lipinski definition) is 6. The van der Waals surface area contributed by atoms with E-state index in [4.69, 9.17) is 4.74 Å². The van der Waals surface area contributed by atoms with Crippen LogP contribution in [0, 0.1) is 10.1 Å². The predicted molar refractivity (Wildman–Crippen MR) is 91.8 cm³/mol. The maximum atomic E-state index is 11.9. The van der Waals surface area contributed by atoms with Gasteiger partial charge in [-0.25, -0.2) is 5.43 Å². The molecule has 25 heavy (non-hydrogen) atoms. The maximum Gasteiger partial charge on any atom is 0.269 e. The smallest absolute Gasteiger partial charge is 0.269 e. The highest BCUT2D eigenvalue weighted by Crippen LogP contribution is 2.26. The van der Waals surface area contributed by atoms with Gasteiger partial charge in [0.2, 0.25) is 5.91 Å². The monoisotopic (exact) mass is 343 g/mol. The van der Waals surface area contributed by atoms with Crippen molar-refractivity contribution in [1.82, 2.24) is 5.43 Å². The number of non-ortho nitro benzene ring substituents is 1. The first kappa shape index (κ1) is 17.9. The molecule has 2 aromatic rings. The number of methoxy groups -OCH3 is 1. The van der Waals surface area contributed by atoms with E-state index in [0.717, 1.165) is 0 Å². The summed E-state index contributed by atoms with van der Waals surface area (Å²) in [5.41, 5.74) is 4.27. The molecule has 0 atom stereocenters. The first-order valence-corrected chi connectivity index (χ1v) is 7.34. The van der Waals surface area contributed by atoms with Crippen LogP contribution in [0.1, 0.15) is 18.1 Å². The largest absolute Gasteiger partial charge is 0.504 e. The average molecular weight is 343 g/mol. The van der Waals surface area contributed by atoms with Crippen molar-refractivity contribution in [3.05, 3.63) is 63.7 Å². The third-order valence-electron chi connectivity index (χ3n) is 3.46. The van der Waals surface area contributed by atoms with Crippen molar-refractivity contribution in [3.8, 4) is 11.5 Å². The number of carbonyl (C=O) groups is 1.